The minimum Gasteiger partial charge on any atom is -0.480 e. The number of aliphatic hydroxyl groups excluding tert-OH is 2. The van der Waals surface area contributed by atoms with Crippen LogP contribution in [0.2, 0.25) is 0 Å². The van der Waals surface area contributed by atoms with Crippen molar-refractivity contribution in [3.8, 4) is 0 Å². The van der Waals surface area contributed by atoms with Gasteiger partial charge >= 0.3 is 5.97 Å². The number of carboxylic acid groups (broad SMARTS) is 1. The van der Waals surface area contributed by atoms with E-state index >= 15 is 0 Å². The molecule has 1 aromatic rings. The predicted octanol–water partition coefficient (Wildman–Crippen LogP) is 4.55. The lowest BCUT2D eigenvalue weighted by Crippen LogP contribution is -2.62. The van der Waals surface area contributed by atoms with Crippen LogP contribution in [0.15, 0.2) is 12.5 Å². The van der Waals surface area contributed by atoms with Gasteiger partial charge in [-0.2, -0.15) is 0 Å². The standard InChI is InChI=1S/C73H138N16O12/c1-49(2)67(88-72(99)68-51(4)84-66(95)45-61(70(97)86-60(44-63(80)92)71(98)89-68)87-69(96)59(42-56-47-81-48-83-56)85-65(94)43-58(79)73(100)101)62(91)46-64(93)82-41-40-57(90)39-29-19-9-18-28-38-55(78)37-27-17-8-16-26-36-54(77)35-25-15-7-14-24-34-53(76)33-23-13-6-12-22-32-52(75)31-21-11-5-10-20-30-50(3)74/h47-55,57-62,67-68,90-91H,5-46,74-79H2,1-4H3,(H2,80,92)(H,81,83)(H,82,93)(H,84,95)(H,85,94)(H,86,97)(H,87,96)(H,88,99)(H,89,98)(H,100,101)/t50?,51?,52?,53?,54?,55?,57?,58?,59-,60?,61?,62?,67?,68?/m0/s1. The van der Waals surface area contributed by atoms with Gasteiger partial charge in [0, 0.05) is 55.1 Å². The summed E-state index contributed by atoms with van der Waals surface area (Å²) in [6, 6.07) is -8.93. The number of primary amides is 1. The van der Waals surface area contributed by atoms with E-state index in [1.54, 1.807) is 13.8 Å². The van der Waals surface area contributed by atoms with Gasteiger partial charge < -0.3 is 97.7 Å². The minimum atomic E-state index is -1.75. The van der Waals surface area contributed by atoms with Crippen molar-refractivity contribution in [2.24, 2.45) is 46.1 Å². The monoisotopic (exact) mass is 1430 g/mol. The normalized spacial score (nSPS) is 19.0. The van der Waals surface area contributed by atoms with Crippen LogP contribution in [0, 0.1) is 5.92 Å². The highest BCUT2D eigenvalue weighted by atomic mass is 16.4. The maximum Gasteiger partial charge on any atom is 0.321 e. The van der Waals surface area contributed by atoms with Crippen LogP contribution in [0.3, 0.4) is 0 Å². The van der Waals surface area contributed by atoms with Gasteiger partial charge in [-0.15, -0.1) is 0 Å². The zero-order chi connectivity index (χ0) is 74.9. The summed E-state index contributed by atoms with van der Waals surface area (Å²) in [6.45, 7) is 6.97. The molecule has 1 aromatic heterocycles. The summed E-state index contributed by atoms with van der Waals surface area (Å²) in [5, 5.41) is 48.6. The van der Waals surface area contributed by atoms with Crippen molar-refractivity contribution in [3.63, 3.8) is 0 Å². The molecule has 1 aliphatic rings. The Labute approximate surface area is 602 Å². The number of nitrogens with one attached hydrogen (secondary N) is 8. The van der Waals surface area contributed by atoms with Crippen LogP contribution in [0.4, 0.5) is 0 Å². The molecule has 13 unspecified atom stereocenters. The molecule has 2 rings (SSSR count). The number of amides is 8. The summed E-state index contributed by atoms with van der Waals surface area (Å²) < 4.78 is 0. The van der Waals surface area contributed by atoms with E-state index in [9.17, 15) is 58.5 Å². The number of H-pyrrole nitrogens is 1. The minimum absolute atomic E-state index is 0.149. The van der Waals surface area contributed by atoms with Crippen molar-refractivity contribution >= 4 is 53.2 Å². The first-order valence-electron chi connectivity index (χ1n) is 38.6. The smallest absolute Gasteiger partial charge is 0.321 e. The molecule has 8 amide bonds. The van der Waals surface area contributed by atoms with Crippen LogP contribution in [-0.4, -0.2) is 170 Å². The van der Waals surface area contributed by atoms with E-state index in [2.05, 4.69) is 54.1 Å². The fourth-order valence-corrected chi connectivity index (χ4v) is 13.0. The first-order valence-corrected chi connectivity index (χ1v) is 38.6. The average Bonchev–Trinajstić information content (AvgIpc) is 1.83. The van der Waals surface area contributed by atoms with Gasteiger partial charge in [-0.05, 0) is 90.4 Å². The van der Waals surface area contributed by atoms with Crippen molar-refractivity contribution < 1.29 is 58.5 Å². The van der Waals surface area contributed by atoms with Gasteiger partial charge in [0.05, 0.1) is 56.3 Å². The second-order valence-electron chi connectivity index (χ2n) is 29.5. The highest BCUT2D eigenvalue weighted by molar-refractivity contribution is 5.99. The first kappa shape index (κ1) is 91.2. The third kappa shape index (κ3) is 45.1. The quantitative estimate of drug-likeness (QED) is 0.0398. The van der Waals surface area contributed by atoms with E-state index in [0.29, 0.717) is 42.7 Å². The average molecular weight is 1430 g/mol. The van der Waals surface area contributed by atoms with Crippen molar-refractivity contribution in [2.45, 2.75) is 376 Å². The zero-order valence-corrected chi connectivity index (χ0v) is 62.0. The number of aliphatic hydroxyl groups is 2. The summed E-state index contributed by atoms with van der Waals surface area (Å²) in [6.07, 6.45) is 38.5. The number of imidazole rings is 1. The summed E-state index contributed by atoms with van der Waals surface area (Å²) in [5.41, 5.74) is 42.9. The lowest BCUT2D eigenvalue weighted by atomic mass is 9.95. The highest BCUT2D eigenvalue weighted by Gasteiger charge is 2.39. The van der Waals surface area contributed by atoms with Gasteiger partial charge in [0.2, 0.25) is 47.3 Å². The number of nitrogens with zero attached hydrogens (tertiary/aromatic N) is 1. The summed E-state index contributed by atoms with van der Waals surface area (Å²) >= 11 is 0. The summed E-state index contributed by atoms with van der Waals surface area (Å²) in [7, 11) is 0. The van der Waals surface area contributed by atoms with Gasteiger partial charge in [-0.1, -0.05) is 174 Å². The number of aliphatic carboxylic acids is 1. The third-order valence-corrected chi connectivity index (χ3v) is 19.3. The molecular weight excluding hydrogens is 1290 g/mol. The maximum absolute atomic E-state index is 14.1. The first-order chi connectivity index (χ1) is 48.1. The fourth-order valence-electron chi connectivity index (χ4n) is 13.0. The molecule has 0 radical (unpaired) electrons. The second-order valence-corrected chi connectivity index (χ2v) is 29.5. The highest BCUT2D eigenvalue weighted by Crippen LogP contribution is 2.20. The van der Waals surface area contributed by atoms with E-state index in [4.69, 9.17) is 40.1 Å². The maximum atomic E-state index is 14.1. The van der Waals surface area contributed by atoms with Gasteiger partial charge in [0.15, 0.2) is 0 Å². The van der Waals surface area contributed by atoms with E-state index in [-0.39, 0.29) is 19.0 Å². The number of hydrogen-bond acceptors (Lipinski definition) is 18. The summed E-state index contributed by atoms with van der Waals surface area (Å²) in [5.74, 6) is -9.48. The van der Waals surface area contributed by atoms with E-state index in [0.717, 1.165) is 96.3 Å². The van der Waals surface area contributed by atoms with Gasteiger partial charge in [0.1, 0.15) is 30.2 Å². The Hall–Kier alpha value is -5.88. The Bertz CT molecular complexity index is 2460. The van der Waals surface area contributed by atoms with Crippen LogP contribution in [0.1, 0.15) is 290 Å². The van der Waals surface area contributed by atoms with Crippen molar-refractivity contribution in [1.82, 2.24) is 47.2 Å². The molecule has 0 bridgehead atoms. The van der Waals surface area contributed by atoms with Crippen LogP contribution >= 0.6 is 0 Å². The van der Waals surface area contributed by atoms with E-state index in [1.807, 2.05) is 0 Å². The van der Waals surface area contributed by atoms with E-state index in [1.165, 1.54) is 141 Å². The number of nitrogens with two attached hydrogens (primary N) is 7. The molecule has 0 spiro atoms. The number of rotatable bonds is 59. The van der Waals surface area contributed by atoms with Crippen LogP contribution in [-0.2, 0) is 49.6 Å². The number of carbonyl (C=O) groups excluding carboxylic acids is 8. The number of aromatic nitrogens is 2. The molecule has 0 saturated carbocycles. The number of unbranched alkanes of at least 4 members (excludes halogenated alkanes) is 20. The van der Waals surface area contributed by atoms with Crippen LogP contribution in [0.5, 0.6) is 0 Å². The Morgan fingerprint density at radius 1 is 0.564 bits per heavy atom. The van der Waals surface area contributed by atoms with Crippen molar-refractivity contribution in [2.75, 3.05) is 6.54 Å². The number of carbonyl (C=O) groups is 9. The van der Waals surface area contributed by atoms with Gasteiger partial charge in [0.25, 0.3) is 0 Å². The molecule has 0 aromatic carbocycles. The molecule has 101 heavy (non-hydrogen) atoms. The predicted molar refractivity (Wildman–Crippen MR) is 394 cm³/mol. The molecule has 28 heteroatoms. The van der Waals surface area contributed by atoms with Crippen molar-refractivity contribution in [1.29, 1.82) is 0 Å². The van der Waals surface area contributed by atoms with Crippen LogP contribution in [0.25, 0.3) is 0 Å². The van der Waals surface area contributed by atoms with Gasteiger partial charge in [-0.25, -0.2) is 4.98 Å². The Kier molecular flexibility index (Phi) is 49.4. The topological polar surface area (TPSA) is 509 Å². The molecule has 25 N–H and O–H groups in total. The Morgan fingerprint density at radius 2 is 1.01 bits per heavy atom. The molecule has 14 atom stereocenters. The molecule has 1 saturated heterocycles. The van der Waals surface area contributed by atoms with Gasteiger partial charge in [-0.3, -0.25) is 43.2 Å². The lowest BCUT2D eigenvalue weighted by molar-refractivity contribution is -0.140. The third-order valence-electron chi connectivity index (χ3n) is 19.3. The Morgan fingerprint density at radius 3 is 1.43 bits per heavy atom. The van der Waals surface area contributed by atoms with E-state index < -0.39 is 139 Å². The molecule has 582 valence electrons. The number of hydrogen-bond donors (Lipinski definition) is 18. The number of carboxylic acids is 1. The lowest BCUT2D eigenvalue weighted by Gasteiger charge is -2.32. The zero-order valence-electron chi connectivity index (χ0n) is 62.0. The SMILES string of the molecule is CC(N)CCCCCCCC(N)CCCCCCCC(N)CCCCCCCC(N)CCCCCCCC(N)CCCCCCCC(O)CCNC(=O)CC(O)C(NC(=O)C1NC(=O)C(CC(N)=O)NC(=O)C(NC(=O)[C@H](Cc2cnc[nH]2)NC(=O)CC(N)C(=O)O)CC(=O)NC1C)C(C)C. The molecular formula is C73H138N16O12. The molecule has 1 fully saturated rings. The van der Waals surface area contributed by atoms with Crippen molar-refractivity contribution in [3.05, 3.63) is 18.2 Å². The molecule has 0 aliphatic carbocycles. The molecule has 1 aliphatic heterocycles. The largest absolute Gasteiger partial charge is 0.480 e. The second kappa shape index (κ2) is 54.7. The van der Waals surface area contributed by atoms with Crippen LogP contribution < -0.4 is 77.4 Å². The number of aromatic amines is 1. The molecule has 28 nitrogen and oxygen atoms in total. The molecule has 2 heterocycles. The fraction of sp³-hybridized carbons (Fsp3) is 0.836. The summed E-state index contributed by atoms with van der Waals surface area (Å²) in [4.78, 5) is 125. The Balaban J connectivity index is 1.60.